The highest BCUT2D eigenvalue weighted by molar-refractivity contribution is 5.93. The molecule has 1 amide bonds. The molecule has 2 heterocycles. The Bertz CT molecular complexity index is 588. The van der Waals surface area contributed by atoms with Crippen molar-refractivity contribution in [1.29, 1.82) is 0 Å². The maximum Gasteiger partial charge on any atom is 0.274 e. The number of hydrogen-bond acceptors (Lipinski definition) is 6. The number of nitrogens with one attached hydrogen (secondary N) is 1. The summed E-state index contributed by atoms with van der Waals surface area (Å²) >= 11 is 0. The lowest BCUT2D eigenvalue weighted by atomic mass is 9.98. The summed E-state index contributed by atoms with van der Waals surface area (Å²) < 4.78 is 11.3. The number of amides is 1. The number of hydroxylamine groups is 1. The lowest BCUT2D eigenvalue weighted by Gasteiger charge is -2.37. The first-order chi connectivity index (χ1) is 11.6. The van der Waals surface area contributed by atoms with Gasteiger partial charge in [-0.05, 0) is 31.9 Å². The molecule has 1 aromatic rings. The van der Waals surface area contributed by atoms with Gasteiger partial charge in [-0.3, -0.25) is 14.9 Å². The predicted molar refractivity (Wildman–Crippen MR) is 85.7 cm³/mol. The number of fused-ring (bicyclic) bond motifs is 1. The van der Waals surface area contributed by atoms with E-state index in [1.54, 1.807) is 23.7 Å². The third-order valence-corrected chi connectivity index (χ3v) is 4.79. The summed E-state index contributed by atoms with van der Waals surface area (Å²) in [7, 11) is 0. The second-order valence-electron chi connectivity index (χ2n) is 6.49. The number of carbonyl (C=O) groups excluding carboxylic acids is 1. The number of aliphatic hydroxyl groups is 1. The predicted octanol–water partition coefficient (Wildman–Crippen LogP) is 1.13. The summed E-state index contributed by atoms with van der Waals surface area (Å²) in [5.41, 5.74) is 2.86. The largest absolute Gasteiger partial charge is 0.492 e. The van der Waals surface area contributed by atoms with Crippen LogP contribution in [0.1, 0.15) is 35.7 Å². The highest BCUT2D eigenvalue weighted by Gasteiger charge is 2.33. The number of ether oxygens (including phenoxy) is 2. The second-order valence-corrected chi connectivity index (χ2v) is 6.49. The van der Waals surface area contributed by atoms with Crippen molar-refractivity contribution in [3.05, 3.63) is 29.3 Å². The minimum atomic E-state index is -0.588. The summed E-state index contributed by atoms with van der Waals surface area (Å²) in [5, 5.41) is 19.5. The molecule has 3 rings (SSSR count). The fraction of sp³-hybridized carbons (Fsp3) is 0.588. The average molecular weight is 336 g/mol. The molecule has 2 aliphatic heterocycles. The summed E-state index contributed by atoms with van der Waals surface area (Å²) in [5.74, 6) is 0.134. The Balaban J connectivity index is 1.79. The molecule has 3 atom stereocenters. The third kappa shape index (κ3) is 3.54. The van der Waals surface area contributed by atoms with Gasteiger partial charge in [0.25, 0.3) is 5.91 Å². The zero-order valence-electron chi connectivity index (χ0n) is 13.8. The van der Waals surface area contributed by atoms with Crippen LogP contribution in [-0.4, -0.2) is 53.2 Å². The third-order valence-electron chi connectivity index (χ3n) is 4.79. The number of hydrogen-bond donors (Lipinski definition) is 3. The van der Waals surface area contributed by atoms with E-state index in [4.69, 9.17) is 14.7 Å². The first-order valence-corrected chi connectivity index (χ1v) is 8.32. The Hall–Kier alpha value is -1.67. The van der Waals surface area contributed by atoms with Gasteiger partial charge in [0.15, 0.2) is 0 Å². The standard InChI is InChI=1S/C17H24N2O5/c1-11-9-24-15-7-12(16(20)18-22)4-5-13(15)8-19(11)17(21)14-3-2-6-23-10-14/h4-5,7,11,14,17,21-22H,2-3,6,8-10H2,1H3,(H,18,20)/t11-,14-,17?/m0/s1. The van der Waals surface area contributed by atoms with E-state index < -0.39 is 12.1 Å². The van der Waals surface area contributed by atoms with Crippen molar-refractivity contribution in [1.82, 2.24) is 10.4 Å². The van der Waals surface area contributed by atoms with Crippen LogP contribution in [0.25, 0.3) is 0 Å². The molecular formula is C17H24N2O5. The highest BCUT2D eigenvalue weighted by Crippen LogP contribution is 2.30. The Morgan fingerprint density at radius 1 is 1.42 bits per heavy atom. The van der Waals surface area contributed by atoms with Crippen molar-refractivity contribution in [2.24, 2.45) is 5.92 Å². The molecule has 7 heteroatoms. The van der Waals surface area contributed by atoms with Gasteiger partial charge >= 0.3 is 0 Å². The zero-order chi connectivity index (χ0) is 17.1. The van der Waals surface area contributed by atoms with Gasteiger partial charge in [-0.1, -0.05) is 6.07 Å². The molecule has 1 saturated heterocycles. The maximum atomic E-state index is 11.5. The lowest BCUT2D eigenvalue weighted by molar-refractivity contribution is -0.105. The molecule has 0 aliphatic carbocycles. The van der Waals surface area contributed by atoms with E-state index in [0.717, 1.165) is 25.0 Å². The van der Waals surface area contributed by atoms with Crippen molar-refractivity contribution in [3.8, 4) is 5.75 Å². The summed E-state index contributed by atoms with van der Waals surface area (Å²) in [6, 6.07) is 5.09. The highest BCUT2D eigenvalue weighted by atomic mass is 16.5. The summed E-state index contributed by atoms with van der Waals surface area (Å²) in [6.07, 6.45) is 1.33. The number of aliphatic hydroxyl groups excluding tert-OH is 1. The van der Waals surface area contributed by atoms with Crippen LogP contribution in [0, 0.1) is 5.92 Å². The molecule has 3 N–H and O–H groups in total. The molecule has 132 valence electrons. The van der Waals surface area contributed by atoms with Crippen LogP contribution in [0.2, 0.25) is 0 Å². The number of nitrogens with zero attached hydrogens (tertiary/aromatic N) is 1. The van der Waals surface area contributed by atoms with Gasteiger partial charge in [0.05, 0.1) is 6.61 Å². The molecule has 0 spiro atoms. The maximum absolute atomic E-state index is 11.5. The molecule has 0 aromatic heterocycles. The molecule has 1 fully saturated rings. The topological polar surface area (TPSA) is 91.3 Å². The van der Waals surface area contributed by atoms with Gasteiger partial charge in [0.1, 0.15) is 18.6 Å². The molecule has 2 aliphatic rings. The molecule has 0 saturated carbocycles. The van der Waals surface area contributed by atoms with Crippen LogP contribution in [0.3, 0.4) is 0 Å². The molecule has 0 bridgehead atoms. The SMILES string of the molecule is C[C@H]1COc2cc(C(=O)NO)ccc2CN1C(O)[C@H]1CCCOC1. The van der Waals surface area contributed by atoms with Crippen LogP contribution in [-0.2, 0) is 11.3 Å². The van der Waals surface area contributed by atoms with E-state index in [9.17, 15) is 9.90 Å². The van der Waals surface area contributed by atoms with Crippen LogP contribution in [0.5, 0.6) is 5.75 Å². The first-order valence-electron chi connectivity index (χ1n) is 8.32. The second kappa shape index (κ2) is 7.48. The van der Waals surface area contributed by atoms with Gasteiger partial charge in [-0.2, -0.15) is 0 Å². The van der Waals surface area contributed by atoms with Crippen molar-refractivity contribution < 1.29 is 24.6 Å². The molecule has 7 nitrogen and oxygen atoms in total. The molecule has 1 aromatic carbocycles. The average Bonchev–Trinajstić information content (AvgIpc) is 2.80. The summed E-state index contributed by atoms with van der Waals surface area (Å²) in [4.78, 5) is 13.6. The van der Waals surface area contributed by atoms with Gasteiger partial charge in [-0.15, -0.1) is 0 Å². The van der Waals surface area contributed by atoms with E-state index in [0.29, 0.717) is 31.1 Å². The van der Waals surface area contributed by atoms with Crippen LogP contribution in [0.15, 0.2) is 18.2 Å². The number of benzene rings is 1. The van der Waals surface area contributed by atoms with Gasteiger partial charge in [0, 0.05) is 36.2 Å². The fourth-order valence-corrected chi connectivity index (χ4v) is 3.31. The van der Waals surface area contributed by atoms with Gasteiger partial charge in [0.2, 0.25) is 0 Å². The van der Waals surface area contributed by atoms with Crippen LogP contribution < -0.4 is 10.2 Å². The van der Waals surface area contributed by atoms with Gasteiger partial charge < -0.3 is 14.6 Å². The zero-order valence-corrected chi connectivity index (χ0v) is 13.8. The van der Waals surface area contributed by atoms with Crippen LogP contribution >= 0.6 is 0 Å². The van der Waals surface area contributed by atoms with Crippen LogP contribution in [0.4, 0.5) is 0 Å². The van der Waals surface area contributed by atoms with E-state index >= 15 is 0 Å². The van der Waals surface area contributed by atoms with E-state index in [1.165, 1.54) is 0 Å². The number of carbonyl (C=O) groups is 1. The molecule has 0 radical (unpaired) electrons. The first kappa shape index (κ1) is 17.2. The van der Waals surface area contributed by atoms with Crippen molar-refractivity contribution in [2.45, 2.75) is 38.6 Å². The van der Waals surface area contributed by atoms with E-state index in [2.05, 4.69) is 0 Å². The van der Waals surface area contributed by atoms with Crippen molar-refractivity contribution in [3.63, 3.8) is 0 Å². The quantitative estimate of drug-likeness (QED) is 0.566. The van der Waals surface area contributed by atoms with Crippen molar-refractivity contribution in [2.75, 3.05) is 19.8 Å². The van der Waals surface area contributed by atoms with Crippen molar-refractivity contribution >= 4 is 5.91 Å². The fourth-order valence-electron chi connectivity index (χ4n) is 3.31. The Kier molecular flexibility index (Phi) is 5.35. The normalized spacial score (nSPS) is 26.0. The molecular weight excluding hydrogens is 312 g/mol. The lowest BCUT2D eigenvalue weighted by Crippen LogP contribution is -2.48. The monoisotopic (exact) mass is 336 g/mol. The minimum absolute atomic E-state index is 0.0319. The molecule has 24 heavy (non-hydrogen) atoms. The van der Waals surface area contributed by atoms with Gasteiger partial charge in [-0.25, -0.2) is 5.48 Å². The Labute approximate surface area is 141 Å². The van der Waals surface area contributed by atoms with E-state index in [-0.39, 0.29) is 12.0 Å². The minimum Gasteiger partial charge on any atom is -0.492 e. The Morgan fingerprint density at radius 3 is 2.96 bits per heavy atom. The molecule has 1 unspecified atom stereocenters. The number of rotatable bonds is 3. The summed E-state index contributed by atoms with van der Waals surface area (Å²) in [6.45, 7) is 4.31. The smallest absolute Gasteiger partial charge is 0.274 e. The van der Waals surface area contributed by atoms with E-state index in [1.807, 2.05) is 11.8 Å². The Morgan fingerprint density at radius 2 is 2.25 bits per heavy atom.